The zero-order valence-corrected chi connectivity index (χ0v) is 9.56. The molecule has 0 aromatic rings. The van der Waals surface area contributed by atoms with E-state index in [2.05, 4.69) is 5.09 Å². The van der Waals surface area contributed by atoms with Gasteiger partial charge in [0.15, 0.2) is 0 Å². The van der Waals surface area contributed by atoms with Gasteiger partial charge in [-0.15, -0.1) is 0 Å². The Balaban J connectivity index is 2.60. The van der Waals surface area contributed by atoms with Gasteiger partial charge in [0.2, 0.25) is 0 Å². The van der Waals surface area contributed by atoms with E-state index in [-0.39, 0.29) is 11.6 Å². The first-order valence-electron chi connectivity index (χ1n) is 4.53. The van der Waals surface area contributed by atoms with Crippen molar-refractivity contribution in [3.05, 3.63) is 0 Å². The van der Waals surface area contributed by atoms with Crippen molar-refractivity contribution in [3.8, 4) is 0 Å². The Morgan fingerprint density at radius 1 is 1.46 bits per heavy atom. The zero-order valence-electron chi connectivity index (χ0n) is 8.66. The molecule has 0 amide bonds. The maximum Gasteiger partial charge on any atom is 0.406 e. The fourth-order valence-electron chi connectivity index (χ4n) is 1.13. The Bertz CT molecular complexity index is 224. The summed E-state index contributed by atoms with van der Waals surface area (Å²) in [4.78, 5) is 0. The maximum atomic E-state index is 11.9. The summed E-state index contributed by atoms with van der Waals surface area (Å²) in [5, 5.41) is 2.88. The SMILES string of the molecule is C[C@H]1CCO[P@](=O)(NC(C)(C)C)O1. The molecule has 78 valence electrons. The van der Waals surface area contributed by atoms with Crippen LogP contribution in [0.5, 0.6) is 0 Å². The van der Waals surface area contributed by atoms with Gasteiger partial charge in [0.1, 0.15) is 0 Å². The van der Waals surface area contributed by atoms with Crippen molar-refractivity contribution < 1.29 is 13.6 Å². The molecule has 0 aromatic carbocycles. The smallest absolute Gasteiger partial charge is 0.297 e. The highest BCUT2D eigenvalue weighted by Gasteiger charge is 2.35. The molecule has 0 radical (unpaired) electrons. The monoisotopic (exact) mass is 207 g/mol. The molecule has 1 N–H and O–H groups in total. The maximum absolute atomic E-state index is 11.9. The topological polar surface area (TPSA) is 47.6 Å². The second-order valence-corrected chi connectivity index (χ2v) is 6.08. The first-order valence-corrected chi connectivity index (χ1v) is 6.07. The lowest BCUT2D eigenvalue weighted by molar-refractivity contribution is 0.0826. The molecule has 2 atom stereocenters. The van der Waals surface area contributed by atoms with E-state index < -0.39 is 7.75 Å². The van der Waals surface area contributed by atoms with Gasteiger partial charge >= 0.3 is 7.75 Å². The third-order valence-corrected chi connectivity index (χ3v) is 3.68. The largest absolute Gasteiger partial charge is 0.406 e. The molecule has 1 aliphatic heterocycles. The summed E-state index contributed by atoms with van der Waals surface area (Å²) in [7, 11) is -3.04. The summed E-state index contributed by atoms with van der Waals surface area (Å²) in [6.45, 7) is 8.19. The van der Waals surface area contributed by atoms with Crippen LogP contribution < -0.4 is 5.09 Å². The van der Waals surface area contributed by atoms with Crippen LogP contribution in [0.4, 0.5) is 0 Å². The molecule has 0 aromatic heterocycles. The lowest BCUT2D eigenvalue weighted by Gasteiger charge is -2.32. The van der Waals surface area contributed by atoms with Gasteiger partial charge in [-0.3, -0.25) is 9.05 Å². The van der Waals surface area contributed by atoms with Gasteiger partial charge in [-0.2, -0.15) is 0 Å². The summed E-state index contributed by atoms with van der Waals surface area (Å²) in [6.07, 6.45) is 0.810. The van der Waals surface area contributed by atoms with Crippen molar-refractivity contribution in [1.29, 1.82) is 0 Å². The minimum atomic E-state index is -3.04. The molecule has 0 saturated carbocycles. The molecule has 0 spiro atoms. The van der Waals surface area contributed by atoms with E-state index in [1.165, 1.54) is 0 Å². The highest BCUT2D eigenvalue weighted by atomic mass is 31.2. The standard InChI is InChI=1S/C8H18NO3P/c1-7-5-6-11-13(10,12-7)9-8(2,3)4/h7H,5-6H2,1-4H3,(H,9,10)/t7-,13+/m0/s1. The van der Waals surface area contributed by atoms with Crippen molar-refractivity contribution in [2.75, 3.05) is 6.61 Å². The highest BCUT2D eigenvalue weighted by molar-refractivity contribution is 7.51. The Labute approximate surface area is 79.6 Å². The van der Waals surface area contributed by atoms with Crippen LogP contribution in [0.15, 0.2) is 0 Å². The molecule has 0 bridgehead atoms. The molecular formula is C8H18NO3P. The fourth-order valence-corrected chi connectivity index (χ4v) is 3.05. The van der Waals surface area contributed by atoms with Gasteiger partial charge in [0.05, 0.1) is 12.7 Å². The van der Waals surface area contributed by atoms with E-state index in [1.54, 1.807) is 0 Å². The van der Waals surface area contributed by atoms with Crippen LogP contribution in [0.2, 0.25) is 0 Å². The molecule has 1 saturated heterocycles. The molecule has 0 aliphatic carbocycles. The molecular weight excluding hydrogens is 189 g/mol. The van der Waals surface area contributed by atoms with Crippen molar-refractivity contribution in [2.45, 2.75) is 45.8 Å². The van der Waals surface area contributed by atoms with Crippen LogP contribution in [0, 0.1) is 0 Å². The predicted molar refractivity (Wildman–Crippen MR) is 51.6 cm³/mol. The normalized spacial score (nSPS) is 36.2. The van der Waals surface area contributed by atoms with Gasteiger partial charge in [-0.25, -0.2) is 9.65 Å². The van der Waals surface area contributed by atoms with Crippen LogP contribution >= 0.6 is 7.75 Å². The molecule has 1 rings (SSSR count). The van der Waals surface area contributed by atoms with Crippen LogP contribution in [0.25, 0.3) is 0 Å². The third kappa shape index (κ3) is 3.77. The molecule has 1 aliphatic rings. The summed E-state index contributed by atoms with van der Waals surface area (Å²) in [5.41, 5.74) is -0.257. The second-order valence-electron chi connectivity index (χ2n) is 4.40. The average Bonchev–Trinajstić information content (AvgIpc) is 1.79. The van der Waals surface area contributed by atoms with E-state index in [0.717, 1.165) is 6.42 Å². The van der Waals surface area contributed by atoms with Crippen molar-refractivity contribution in [2.24, 2.45) is 0 Å². The van der Waals surface area contributed by atoms with Gasteiger partial charge in [0, 0.05) is 5.54 Å². The van der Waals surface area contributed by atoms with Crippen LogP contribution in [0.1, 0.15) is 34.1 Å². The lowest BCUT2D eigenvalue weighted by atomic mass is 10.1. The first-order chi connectivity index (χ1) is 5.81. The molecule has 0 unspecified atom stereocenters. The van der Waals surface area contributed by atoms with Gasteiger partial charge in [0.25, 0.3) is 0 Å². The second kappa shape index (κ2) is 3.70. The Hall–Kier alpha value is 0.110. The van der Waals surface area contributed by atoms with Crippen molar-refractivity contribution >= 4 is 7.75 Å². The van der Waals surface area contributed by atoms with E-state index >= 15 is 0 Å². The van der Waals surface area contributed by atoms with Crippen molar-refractivity contribution in [3.63, 3.8) is 0 Å². The fraction of sp³-hybridized carbons (Fsp3) is 1.00. The molecule has 13 heavy (non-hydrogen) atoms. The number of hydrogen-bond donors (Lipinski definition) is 1. The Kier molecular flexibility index (Phi) is 3.18. The van der Waals surface area contributed by atoms with Gasteiger partial charge in [-0.05, 0) is 34.1 Å². The first kappa shape index (κ1) is 11.2. The number of nitrogens with one attached hydrogen (secondary N) is 1. The quantitative estimate of drug-likeness (QED) is 0.670. The Morgan fingerprint density at radius 2 is 2.08 bits per heavy atom. The summed E-state index contributed by atoms with van der Waals surface area (Å²) < 4.78 is 22.3. The molecule has 4 nitrogen and oxygen atoms in total. The van der Waals surface area contributed by atoms with E-state index in [1.807, 2.05) is 27.7 Å². The molecule has 1 heterocycles. The van der Waals surface area contributed by atoms with Gasteiger partial charge < -0.3 is 0 Å². The third-order valence-electron chi connectivity index (χ3n) is 1.58. The number of hydrogen-bond acceptors (Lipinski definition) is 3. The Morgan fingerprint density at radius 3 is 2.54 bits per heavy atom. The minimum absolute atomic E-state index is 0.00873. The zero-order chi connectivity index (χ0) is 10.1. The van der Waals surface area contributed by atoms with Crippen LogP contribution in [-0.4, -0.2) is 18.2 Å². The van der Waals surface area contributed by atoms with E-state index in [0.29, 0.717) is 6.61 Å². The van der Waals surface area contributed by atoms with E-state index in [9.17, 15) is 4.57 Å². The number of rotatable bonds is 1. The lowest BCUT2D eigenvalue weighted by Crippen LogP contribution is -2.37. The predicted octanol–water partition coefficient (Wildman–Crippen LogP) is 2.31. The van der Waals surface area contributed by atoms with Gasteiger partial charge in [-0.1, -0.05) is 0 Å². The van der Waals surface area contributed by atoms with Crippen LogP contribution in [-0.2, 0) is 13.6 Å². The average molecular weight is 207 g/mol. The summed E-state index contributed by atoms with van der Waals surface area (Å²) in [5.74, 6) is 0. The van der Waals surface area contributed by atoms with Crippen LogP contribution in [0.3, 0.4) is 0 Å². The summed E-state index contributed by atoms with van der Waals surface area (Å²) >= 11 is 0. The van der Waals surface area contributed by atoms with E-state index in [4.69, 9.17) is 9.05 Å². The summed E-state index contributed by atoms with van der Waals surface area (Å²) in [6, 6.07) is 0. The van der Waals surface area contributed by atoms with Crippen molar-refractivity contribution in [1.82, 2.24) is 5.09 Å². The highest BCUT2D eigenvalue weighted by Crippen LogP contribution is 2.49. The molecule has 5 heteroatoms. The molecule has 1 fully saturated rings. The minimum Gasteiger partial charge on any atom is -0.297 e.